The lowest BCUT2D eigenvalue weighted by Gasteiger charge is -2.09. The maximum absolute atomic E-state index is 10.7. The van der Waals surface area contributed by atoms with Crippen LogP contribution in [0, 0.1) is 17.2 Å². The van der Waals surface area contributed by atoms with Gasteiger partial charge in [0.15, 0.2) is 0 Å². The van der Waals surface area contributed by atoms with Crippen LogP contribution in [-0.4, -0.2) is 17.4 Å². The minimum absolute atomic E-state index is 0.261. The smallest absolute Gasteiger partial charge is 0.124 e. The van der Waals surface area contributed by atoms with E-state index >= 15 is 0 Å². The van der Waals surface area contributed by atoms with Gasteiger partial charge in [-0.05, 0) is 18.1 Å². The van der Waals surface area contributed by atoms with E-state index < -0.39 is 0 Å². The number of rotatable bonds is 2. The van der Waals surface area contributed by atoms with Crippen molar-refractivity contribution in [3.05, 3.63) is 41.0 Å². The lowest BCUT2D eigenvalue weighted by atomic mass is 9.93. The van der Waals surface area contributed by atoms with E-state index in [-0.39, 0.29) is 5.92 Å². The van der Waals surface area contributed by atoms with Crippen molar-refractivity contribution >= 4 is 17.7 Å². The summed E-state index contributed by atoms with van der Waals surface area (Å²) in [5.74, 6) is 4.05. The third kappa shape index (κ3) is 2.19. The van der Waals surface area contributed by atoms with Crippen LogP contribution in [-0.2, 0) is 11.2 Å². The second-order valence-electron chi connectivity index (χ2n) is 3.81. The summed E-state index contributed by atoms with van der Waals surface area (Å²) in [5, 5.41) is 8.98. The molecule has 1 heterocycles. The van der Waals surface area contributed by atoms with E-state index in [0.717, 1.165) is 29.1 Å². The van der Waals surface area contributed by atoms with Gasteiger partial charge in [0.25, 0.3) is 0 Å². The molecule has 0 radical (unpaired) electrons. The minimum Gasteiger partial charge on any atom is -0.234 e. The van der Waals surface area contributed by atoms with Gasteiger partial charge in [-0.25, -0.2) is 4.79 Å². The number of nitriles is 1. The number of thioether (sulfide) groups is 1. The van der Waals surface area contributed by atoms with Gasteiger partial charge < -0.3 is 0 Å². The fraction of sp³-hybridized carbons (Fsp3) is 0.308. The molecule has 0 N–H and O–H groups in total. The Balaban J connectivity index is 2.21. The van der Waals surface area contributed by atoms with Gasteiger partial charge >= 0.3 is 0 Å². The predicted octanol–water partition coefficient (Wildman–Crippen LogP) is 2.22. The first-order valence-corrected chi connectivity index (χ1v) is 6.30. The van der Waals surface area contributed by atoms with Crippen molar-refractivity contribution in [3.63, 3.8) is 0 Å². The van der Waals surface area contributed by atoms with Crippen molar-refractivity contribution in [1.29, 1.82) is 5.26 Å². The average Bonchev–Trinajstić information content (AvgIpc) is 2.77. The zero-order valence-electron chi connectivity index (χ0n) is 8.77. The van der Waals surface area contributed by atoms with Crippen LogP contribution in [0.3, 0.4) is 0 Å². The van der Waals surface area contributed by atoms with Crippen LogP contribution >= 0.6 is 11.8 Å². The molecule has 1 aromatic carbocycles. The van der Waals surface area contributed by atoms with Crippen LogP contribution in [0.2, 0.25) is 0 Å². The Hall–Kier alpha value is -1.49. The van der Waals surface area contributed by atoms with Gasteiger partial charge in [0, 0.05) is 23.0 Å². The summed E-state index contributed by atoms with van der Waals surface area (Å²) in [6.45, 7) is 0. The van der Waals surface area contributed by atoms with Crippen molar-refractivity contribution in [2.45, 2.75) is 6.42 Å². The maximum atomic E-state index is 10.7. The molecule has 3 heteroatoms. The van der Waals surface area contributed by atoms with Crippen LogP contribution in [0.5, 0.6) is 0 Å². The molecule has 1 fully saturated rings. The second kappa shape index (κ2) is 5.03. The molecule has 1 saturated heterocycles. The fourth-order valence-electron chi connectivity index (χ4n) is 1.90. The number of hydrogen-bond acceptors (Lipinski definition) is 3. The highest BCUT2D eigenvalue weighted by Crippen LogP contribution is 2.30. The Labute approximate surface area is 99.0 Å². The molecule has 1 aliphatic rings. The Morgan fingerprint density at radius 1 is 1.44 bits per heavy atom. The molecule has 2 rings (SSSR count). The highest BCUT2D eigenvalue weighted by atomic mass is 32.2. The van der Waals surface area contributed by atoms with Crippen LogP contribution in [0.4, 0.5) is 0 Å². The molecule has 16 heavy (non-hydrogen) atoms. The molecule has 1 aromatic rings. The van der Waals surface area contributed by atoms with Crippen LogP contribution in [0.1, 0.15) is 11.1 Å². The number of hydrogen-bond donors (Lipinski definition) is 0. The molecule has 1 aliphatic heterocycles. The lowest BCUT2D eigenvalue weighted by molar-refractivity contribution is 0.562. The second-order valence-corrected chi connectivity index (χ2v) is 4.84. The van der Waals surface area contributed by atoms with E-state index in [2.05, 4.69) is 6.07 Å². The Bertz CT molecular complexity index is 483. The molecule has 0 aliphatic carbocycles. The van der Waals surface area contributed by atoms with Crippen LogP contribution in [0.25, 0.3) is 0 Å². The highest BCUT2D eigenvalue weighted by Gasteiger charge is 2.23. The van der Waals surface area contributed by atoms with Gasteiger partial charge in [0.1, 0.15) is 5.94 Å². The highest BCUT2D eigenvalue weighted by molar-refractivity contribution is 7.99. The Kier molecular flexibility index (Phi) is 3.46. The van der Waals surface area contributed by atoms with E-state index in [4.69, 9.17) is 5.26 Å². The molecule has 80 valence electrons. The van der Waals surface area contributed by atoms with Crippen LogP contribution in [0.15, 0.2) is 29.8 Å². The molecule has 0 aromatic heterocycles. The summed E-state index contributed by atoms with van der Waals surface area (Å²) in [5.41, 5.74) is 2.60. The Morgan fingerprint density at radius 3 is 3.00 bits per heavy atom. The molecular weight excluding hydrogens is 218 g/mol. The predicted molar refractivity (Wildman–Crippen MR) is 64.9 cm³/mol. The first kappa shape index (κ1) is 11.0. The lowest BCUT2D eigenvalue weighted by Crippen LogP contribution is -2.07. The van der Waals surface area contributed by atoms with E-state index in [1.54, 1.807) is 11.8 Å². The summed E-state index contributed by atoms with van der Waals surface area (Å²) in [6.07, 6.45) is 0.779. The van der Waals surface area contributed by atoms with Gasteiger partial charge in [-0.1, -0.05) is 18.2 Å². The van der Waals surface area contributed by atoms with Gasteiger partial charge in [-0.2, -0.15) is 17.0 Å². The average molecular weight is 229 g/mol. The summed E-state index contributed by atoms with van der Waals surface area (Å²) >= 11 is 1.77. The first-order valence-electron chi connectivity index (χ1n) is 5.14. The SMILES string of the molecule is N#Cc1ccccc1CC1CSCC1=C=O. The molecule has 0 saturated carbocycles. The van der Waals surface area contributed by atoms with Gasteiger partial charge in [-0.15, -0.1) is 0 Å². The van der Waals surface area contributed by atoms with E-state index in [9.17, 15) is 4.79 Å². The number of carbonyl (C=O) groups excluding carboxylic acids is 1. The van der Waals surface area contributed by atoms with Crippen molar-refractivity contribution < 1.29 is 4.79 Å². The number of nitrogens with zero attached hydrogens (tertiary/aromatic N) is 1. The molecule has 0 spiro atoms. The number of benzene rings is 1. The molecule has 1 unspecified atom stereocenters. The van der Waals surface area contributed by atoms with E-state index in [1.807, 2.05) is 30.2 Å². The Morgan fingerprint density at radius 2 is 2.25 bits per heavy atom. The fourth-order valence-corrected chi connectivity index (χ4v) is 3.13. The summed E-state index contributed by atoms with van der Waals surface area (Å²) in [7, 11) is 0. The largest absolute Gasteiger partial charge is 0.234 e. The zero-order valence-corrected chi connectivity index (χ0v) is 9.59. The van der Waals surface area contributed by atoms with Crippen LogP contribution < -0.4 is 0 Å². The third-order valence-electron chi connectivity index (χ3n) is 2.80. The summed E-state index contributed by atoms with van der Waals surface area (Å²) in [4.78, 5) is 10.7. The van der Waals surface area contributed by atoms with Gasteiger partial charge in [0.2, 0.25) is 0 Å². The summed E-state index contributed by atoms with van der Waals surface area (Å²) < 4.78 is 0. The minimum atomic E-state index is 0.261. The zero-order chi connectivity index (χ0) is 11.4. The third-order valence-corrected chi connectivity index (χ3v) is 3.96. The van der Waals surface area contributed by atoms with Crippen molar-refractivity contribution in [3.8, 4) is 6.07 Å². The van der Waals surface area contributed by atoms with Gasteiger partial charge in [0.05, 0.1) is 11.6 Å². The standard InChI is InChI=1S/C13H11NOS/c14-6-11-4-2-1-3-10(11)5-12-8-16-9-13(12)7-15/h1-4,12H,5,8-9H2. The normalized spacial score (nSPS) is 19.2. The maximum Gasteiger partial charge on any atom is 0.124 e. The topological polar surface area (TPSA) is 40.9 Å². The quantitative estimate of drug-likeness (QED) is 0.730. The molecule has 0 bridgehead atoms. The van der Waals surface area contributed by atoms with E-state index in [1.165, 1.54) is 0 Å². The first-order chi connectivity index (χ1) is 7.85. The summed E-state index contributed by atoms with van der Waals surface area (Å²) in [6, 6.07) is 9.77. The molecular formula is C13H11NOS. The molecule has 0 amide bonds. The molecule has 1 atom stereocenters. The van der Waals surface area contributed by atoms with E-state index in [0.29, 0.717) is 5.56 Å². The van der Waals surface area contributed by atoms with Crippen molar-refractivity contribution in [2.75, 3.05) is 11.5 Å². The van der Waals surface area contributed by atoms with Crippen molar-refractivity contribution in [1.82, 2.24) is 0 Å². The molecule has 2 nitrogen and oxygen atoms in total. The van der Waals surface area contributed by atoms with Gasteiger partial charge in [-0.3, -0.25) is 0 Å². The van der Waals surface area contributed by atoms with Crippen molar-refractivity contribution in [2.24, 2.45) is 5.92 Å². The monoisotopic (exact) mass is 229 g/mol.